The Morgan fingerprint density at radius 3 is 2.74 bits per heavy atom. The van der Waals surface area contributed by atoms with Crippen LogP contribution in [0.15, 0.2) is 44.7 Å². The first kappa shape index (κ1) is 14.7. The summed E-state index contributed by atoms with van der Waals surface area (Å²) in [6.45, 7) is 0.990. The van der Waals surface area contributed by atoms with Gasteiger partial charge in [0.25, 0.3) is 0 Å². The van der Waals surface area contributed by atoms with Gasteiger partial charge >= 0.3 is 0 Å². The van der Waals surface area contributed by atoms with E-state index >= 15 is 0 Å². The highest BCUT2D eigenvalue weighted by molar-refractivity contribution is 9.11. The van der Waals surface area contributed by atoms with E-state index in [2.05, 4.69) is 42.5 Å². The van der Waals surface area contributed by atoms with Crippen molar-refractivity contribution in [3.05, 3.63) is 49.5 Å². The van der Waals surface area contributed by atoms with Crippen LogP contribution in [-0.2, 0) is 11.3 Å². The molecule has 0 saturated carbocycles. The summed E-state index contributed by atoms with van der Waals surface area (Å²) in [4.78, 5) is 12.9. The molecule has 100 valence electrons. The third-order valence-electron chi connectivity index (χ3n) is 2.32. The Morgan fingerprint density at radius 2 is 2.05 bits per heavy atom. The molecule has 3 nitrogen and oxygen atoms in total. The number of anilines is 1. The smallest absolute Gasteiger partial charge is 0.238 e. The maximum atomic E-state index is 11.7. The van der Waals surface area contributed by atoms with Gasteiger partial charge in [-0.15, -0.1) is 11.3 Å². The summed E-state index contributed by atoms with van der Waals surface area (Å²) in [7, 11) is 0. The van der Waals surface area contributed by atoms with Crippen molar-refractivity contribution in [1.82, 2.24) is 5.32 Å². The average Bonchev–Trinajstić information content (AvgIpc) is 2.75. The molecule has 0 aliphatic rings. The molecule has 0 aliphatic carbocycles. The van der Waals surface area contributed by atoms with Crippen LogP contribution < -0.4 is 10.6 Å². The van der Waals surface area contributed by atoms with Crippen molar-refractivity contribution >= 4 is 54.8 Å². The van der Waals surface area contributed by atoms with E-state index in [0.29, 0.717) is 13.1 Å². The van der Waals surface area contributed by atoms with E-state index in [1.807, 2.05) is 36.4 Å². The summed E-state index contributed by atoms with van der Waals surface area (Å²) in [6.07, 6.45) is 0. The predicted molar refractivity (Wildman–Crippen MR) is 86.5 cm³/mol. The van der Waals surface area contributed by atoms with Gasteiger partial charge in [-0.1, -0.05) is 22.0 Å². The molecule has 2 aromatic rings. The largest absolute Gasteiger partial charge is 0.325 e. The van der Waals surface area contributed by atoms with Crippen LogP contribution in [0.5, 0.6) is 0 Å². The van der Waals surface area contributed by atoms with Gasteiger partial charge in [-0.25, -0.2) is 0 Å². The number of amides is 1. The minimum Gasteiger partial charge on any atom is -0.325 e. The fraction of sp³-hybridized carbons (Fsp3) is 0.154. The van der Waals surface area contributed by atoms with Crippen molar-refractivity contribution in [1.29, 1.82) is 0 Å². The molecule has 1 heterocycles. The molecule has 2 rings (SSSR count). The monoisotopic (exact) mass is 402 g/mol. The van der Waals surface area contributed by atoms with Crippen LogP contribution in [0.4, 0.5) is 5.69 Å². The van der Waals surface area contributed by atoms with E-state index in [4.69, 9.17) is 0 Å². The fourth-order valence-electron chi connectivity index (χ4n) is 1.52. The lowest BCUT2D eigenvalue weighted by Gasteiger charge is -2.06. The van der Waals surface area contributed by atoms with Gasteiger partial charge in [-0.05, 0) is 46.3 Å². The van der Waals surface area contributed by atoms with E-state index in [1.165, 1.54) is 4.88 Å². The molecule has 19 heavy (non-hydrogen) atoms. The van der Waals surface area contributed by atoms with Gasteiger partial charge in [0, 0.05) is 21.6 Å². The maximum absolute atomic E-state index is 11.7. The second kappa shape index (κ2) is 7.19. The number of rotatable bonds is 5. The Balaban J connectivity index is 1.76. The van der Waals surface area contributed by atoms with Gasteiger partial charge in [0.05, 0.1) is 10.3 Å². The zero-order valence-electron chi connectivity index (χ0n) is 9.95. The molecule has 6 heteroatoms. The molecule has 0 radical (unpaired) electrons. The second-order valence-electron chi connectivity index (χ2n) is 3.87. The van der Waals surface area contributed by atoms with Crippen LogP contribution in [0, 0.1) is 0 Å². The van der Waals surface area contributed by atoms with Gasteiger partial charge in [0.1, 0.15) is 0 Å². The third kappa shape index (κ3) is 5.06. The maximum Gasteiger partial charge on any atom is 0.238 e. The summed E-state index contributed by atoms with van der Waals surface area (Å²) in [6, 6.07) is 11.6. The lowest BCUT2D eigenvalue weighted by atomic mass is 10.3. The van der Waals surface area contributed by atoms with Crippen LogP contribution in [0.25, 0.3) is 0 Å². The van der Waals surface area contributed by atoms with Gasteiger partial charge in [-0.2, -0.15) is 0 Å². The third-order valence-corrected chi connectivity index (χ3v) is 4.44. The highest BCUT2D eigenvalue weighted by atomic mass is 79.9. The molecule has 0 aliphatic heterocycles. The van der Waals surface area contributed by atoms with E-state index in [9.17, 15) is 4.79 Å². The van der Waals surface area contributed by atoms with Crippen molar-refractivity contribution in [3.8, 4) is 0 Å². The number of halogens is 2. The minimum absolute atomic E-state index is 0.0475. The van der Waals surface area contributed by atoms with Crippen LogP contribution in [0.2, 0.25) is 0 Å². The van der Waals surface area contributed by atoms with Crippen LogP contribution in [-0.4, -0.2) is 12.5 Å². The van der Waals surface area contributed by atoms with Crippen molar-refractivity contribution < 1.29 is 4.79 Å². The van der Waals surface area contributed by atoms with Crippen molar-refractivity contribution in [3.63, 3.8) is 0 Å². The van der Waals surface area contributed by atoms with Crippen LogP contribution >= 0.6 is 43.2 Å². The first-order valence-electron chi connectivity index (χ1n) is 5.64. The standard InChI is InChI=1S/C13H12Br2N2OS/c14-9-2-1-3-10(6-9)17-13(18)8-16-7-11-4-5-12(15)19-11/h1-6,16H,7-8H2,(H,17,18). The molecular weight excluding hydrogens is 392 g/mol. The van der Waals surface area contributed by atoms with Gasteiger partial charge in [0.15, 0.2) is 0 Å². The molecule has 0 fully saturated rings. The Kier molecular flexibility index (Phi) is 5.57. The average molecular weight is 404 g/mol. The second-order valence-corrected chi connectivity index (χ2v) is 7.33. The molecular formula is C13H12Br2N2OS. The Labute approximate surface area is 132 Å². The van der Waals surface area contributed by atoms with Crippen molar-refractivity contribution in [2.75, 3.05) is 11.9 Å². The first-order valence-corrected chi connectivity index (χ1v) is 8.04. The van der Waals surface area contributed by atoms with Crippen LogP contribution in [0.3, 0.4) is 0 Å². The van der Waals surface area contributed by atoms with Gasteiger partial charge in [0.2, 0.25) is 5.91 Å². The van der Waals surface area contributed by atoms with Gasteiger partial charge in [-0.3, -0.25) is 4.79 Å². The SMILES string of the molecule is O=C(CNCc1ccc(Br)s1)Nc1cccc(Br)c1. The molecule has 0 unspecified atom stereocenters. The van der Waals surface area contributed by atoms with E-state index in [0.717, 1.165) is 13.9 Å². The number of benzene rings is 1. The zero-order chi connectivity index (χ0) is 13.7. The number of thiophene rings is 1. The Hall–Kier alpha value is -0.690. The summed E-state index contributed by atoms with van der Waals surface area (Å²) in [5.74, 6) is -0.0475. The summed E-state index contributed by atoms with van der Waals surface area (Å²) < 4.78 is 2.05. The fourth-order valence-corrected chi connectivity index (χ4v) is 3.37. The van der Waals surface area contributed by atoms with Crippen LogP contribution in [0.1, 0.15) is 4.88 Å². The van der Waals surface area contributed by atoms with E-state index < -0.39 is 0 Å². The number of nitrogens with one attached hydrogen (secondary N) is 2. The molecule has 0 spiro atoms. The number of hydrogen-bond donors (Lipinski definition) is 2. The number of carbonyl (C=O) groups is 1. The summed E-state index contributed by atoms with van der Waals surface area (Å²) in [5.41, 5.74) is 0.792. The molecule has 1 amide bonds. The molecule has 0 bridgehead atoms. The number of carbonyl (C=O) groups excluding carboxylic acids is 1. The molecule has 0 atom stereocenters. The molecule has 1 aromatic heterocycles. The number of hydrogen-bond acceptors (Lipinski definition) is 3. The lowest BCUT2D eigenvalue weighted by Crippen LogP contribution is -2.27. The topological polar surface area (TPSA) is 41.1 Å². The van der Waals surface area contributed by atoms with Crippen molar-refractivity contribution in [2.45, 2.75) is 6.54 Å². The highest BCUT2D eigenvalue weighted by Gasteiger charge is 2.03. The zero-order valence-corrected chi connectivity index (χ0v) is 13.9. The predicted octanol–water partition coefficient (Wildman–Crippen LogP) is 4.00. The first-order chi connectivity index (χ1) is 9.13. The van der Waals surface area contributed by atoms with E-state index in [-0.39, 0.29) is 5.91 Å². The van der Waals surface area contributed by atoms with Gasteiger partial charge < -0.3 is 10.6 Å². The summed E-state index contributed by atoms with van der Waals surface area (Å²) >= 11 is 8.44. The van der Waals surface area contributed by atoms with Crippen molar-refractivity contribution in [2.24, 2.45) is 0 Å². The Bertz CT molecular complexity index is 571. The molecule has 1 aromatic carbocycles. The molecule has 2 N–H and O–H groups in total. The highest BCUT2D eigenvalue weighted by Crippen LogP contribution is 2.21. The minimum atomic E-state index is -0.0475. The normalized spacial score (nSPS) is 10.4. The van der Waals surface area contributed by atoms with E-state index in [1.54, 1.807) is 11.3 Å². The Morgan fingerprint density at radius 1 is 1.21 bits per heavy atom. The quantitative estimate of drug-likeness (QED) is 0.791. The molecule has 0 saturated heterocycles. The lowest BCUT2D eigenvalue weighted by molar-refractivity contribution is -0.115. The summed E-state index contributed by atoms with van der Waals surface area (Å²) in [5, 5.41) is 5.95.